The van der Waals surface area contributed by atoms with Gasteiger partial charge >= 0.3 is 0 Å². The predicted octanol–water partition coefficient (Wildman–Crippen LogP) is 0.517. The van der Waals surface area contributed by atoms with Crippen molar-refractivity contribution in [2.24, 2.45) is 11.7 Å². The fourth-order valence-corrected chi connectivity index (χ4v) is 0.862. The van der Waals surface area contributed by atoms with Crippen LogP contribution in [0.5, 0.6) is 0 Å². The van der Waals surface area contributed by atoms with Crippen LogP contribution >= 0.6 is 0 Å². The molecular formula is C5H7F2NO. The third-order valence-electron chi connectivity index (χ3n) is 1.49. The summed E-state index contributed by atoms with van der Waals surface area (Å²) >= 11 is 0. The summed E-state index contributed by atoms with van der Waals surface area (Å²) in [5.41, 5.74) is 4.75. The molecule has 1 fully saturated rings. The molecule has 0 aliphatic heterocycles. The zero-order valence-corrected chi connectivity index (χ0v) is 4.73. The number of halogens is 2. The standard InChI is InChI=1S/C5H7F2NO/c6-5(7)1-3(2-5)4(8)9/h3H,1-2H2,(H2,8,9). The fraction of sp³-hybridized carbons (Fsp3) is 0.800. The molecule has 0 aromatic heterocycles. The average Bonchev–Trinajstić information content (AvgIpc) is 1.59. The SMILES string of the molecule is NC(=O)C1CC(F)(F)C1. The number of alkyl halides is 2. The summed E-state index contributed by atoms with van der Waals surface area (Å²) in [5, 5.41) is 0. The molecule has 52 valence electrons. The molecule has 1 amide bonds. The summed E-state index contributed by atoms with van der Waals surface area (Å²) in [4.78, 5) is 10.2. The minimum Gasteiger partial charge on any atom is -0.369 e. The lowest BCUT2D eigenvalue weighted by atomic mass is 9.81. The van der Waals surface area contributed by atoms with Crippen LogP contribution in [0.2, 0.25) is 0 Å². The van der Waals surface area contributed by atoms with Crippen LogP contribution in [0.1, 0.15) is 12.8 Å². The lowest BCUT2D eigenvalue weighted by molar-refractivity contribution is -0.147. The maximum Gasteiger partial charge on any atom is 0.249 e. The van der Waals surface area contributed by atoms with E-state index in [1.54, 1.807) is 0 Å². The van der Waals surface area contributed by atoms with Crippen LogP contribution in [0.15, 0.2) is 0 Å². The summed E-state index contributed by atoms with van der Waals surface area (Å²) in [6.07, 6.45) is -0.718. The molecule has 0 spiro atoms. The summed E-state index contributed by atoms with van der Waals surface area (Å²) in [6, 6.07) is 0. The molecule has 0 saturated heterocycles. The van der Waals surface area contributed by atoms with Gasteiger partial charge in [0.25, 0.3) is 0 Å². The minimum absolute atomic E-state index is 0.359. The first-order valence-corrected chi connectivity index (χ1v) is 2.68. The molecule has 0 aromatic carbocycles. The molecule has 0 bridgehead atoms. The molecule has 2 nitrogen and oxygen atoms in total. The van der Waals surface area contributed by atoms with E-state index in [9.17, 15) is 13.6 Å². The van der Waals surface area contributed by atoms with E-state index in [0.29, 0.717) is 0 Å². The summed E-state index contributed by atoms with van der Waals surface area (Å²) in [6.45, 7) is 0. The van der Waals surface area contributed by atoms with Gasteiger partial charge in [0, 0.05) is 18.8 Å². The van der Waals surface area contributed by atoms with Gasteiger partial charge in [0.15, 0.2) is 0 Å². The predicted molar refractivity (Wildman–Crippen MR) is 26.9 cm³/mol. The molecule has 0 aromatic rings. The first-order chi connectivity index (χ1) is 4.01. The van der Waals surface area contributed by atoms with E-state index < -0.39 is 17.7 Å². The van der Waals surface area contributed by atoms with Gasteiger partial charge in [-0.25, -0.2) is 8.78 Å². The molecule has 1 saturated carbocycles. The van der Waals surface area contributed by atoms with E-state index in [0.717, 1.165) is 0 Å². The van der Waals surface area contributed by atoms with Gasteiger partial charge in [-0.3, -0.25) is 4.79 Å². The van der Waals surface area contributed by atoms with Crippen LogP contribution in [0.4, 0.5) is 8.78 Å². The first-order valence-electron chi connectivity index (χ1n) is 2.68. The smallest absolute Gasteiger partial charge is 0.249 e. The van der Waals surface area contributed by atoms with E-state index in [1.165, 1.54) is 0 Å². The van der Waals surface area contributed by atoms with Crippen molar-refractivity contribution in [3.8, 4) is 0 Å². The number of carbonyl (C=O) groups excluding carboxylic acids is 1. The second-order valence-corrected chi connectivity index (χ2v) is 2.36. The number of hydrogen-bond donors (Lipinski definition) is 1. The molecule has 0 unspecified atom stereocenters. The first kappa shape index (κ1) is 6.45. The Labute approximate surface area is 51.0 Å². The summed E-state index contributed by atoms with van der Waals surface area (Å²) in [5.74, 6) is -3.82. The van der Waals surface area contributed by atoms with Gasteiger partial charge in [-0.05, 0) is 0 Å². The molecule has 1 aliphatic carbocycles. The quantitative estimate of drug-likeness (QED) is 0.559. The highest BCUT2D eigenvalue weighted by Gasteiger charge is 2.47. The van der Waals surface area contributed by atoms with Gasteiger partial charge in [-0.15, -0.1) is 0 Å². The van der Waals surface area contributed by atoms with Crippen molar-refractivity contribution in [2.45, 2.75) is 18.8 Å². The van der Waals surface area contributed by atoms with Crippen LogP contribution in [0, 0.1) is 5.92 Å². The Kier molecular flexibility index (Phi) is 1.18. The van der Waals surface area contributed by atoms with Gasteiger partial charge in [0.1, 0.15) is 0 Å². The highest BCUT2D eigenvalue weighted by atomic mass is 19.3. The molecule has 4 heteroatoms. The van der Waals surface area contributed by atoms with E-state index in [-0.39, 0.29) is 12.8 Å². The Morgan fingerprint density at radius 3 is 2.11 bits per heavy atom. The molecule has 1 aliphatic rings. The highest BCUT2D eigenvalue weighted by molar-refractivity contribution is 5.77. The van der Waals surface area contributed by atoms with Crippen LogP contribution in [0.3, 0.4) is 0 Å². The second kappa shape index (κ2) is 1.65. The average molecular weight is 135 g/mol. The number of nitrogens with two attached hydrogens (primary N) is 1. The Balaban J connectivity index is 2.35. The summed E-state index contributed by atoms with van der Waals surface area (Å²) in [7, 11) is 0. The summed E-state index contributed by atoms with van der Waals surface area (Å²) < 4.78 is 23.9. The van der Waals surface area contributed by atoms with Crippen LogP contribution in [0.25, 0.3) is 0 Å². The third-order valence-corrected chi connectivity index (χ3v) is 1.49. The fourth-order valence-electron chi connectivity index (χ4n) is 0.862. The van der Waals surface area contributed by atoms with E-state index in [2.05, 4.69) is 0 Å². The number of primary amides is 1. The van der Waals surface area contributed by atoms with Gasteiger partial charge in [-0.1, -0.05) is 0 Å². The highest BCUT2D eigenvalue weighted by Crippen LogP contribution is 2.41. The largest absolute Gasteiger partial charge is 0.369 e. The Hall–Kier alpha value is -0.670. The van der Waals surface area contributed by atoms with Gasteiger partial charge in [-0.2, -0.15) is 0 Å². The van der Waals surface area contributed by atoms with Crippen LogP contribution in [-0.2, 0) is 4.79 Å². The van der Waals surface area contributed by atoms with Gasteiger partial charge < -0.3 is 5.73 Å². The van der Waals surface area contributed by atoms with Gasteiger partial charge in [0.2, 0.25) is 11.8 Å². The molecule has 2 N–H and O–H groups in total. The zero-order valence-electron chi connectivity index (χ0n) is 4.73. The Morgan fingerprint density at radius 1 is 1.56 bits per heavy atom. The number of rotatable bonds is 1. The lowest BCUT2D eigenvalue weighted by Crippen LogP contribution is -2.42. The minimum atomic E-state index is -2.63. The van der Waals surface area contributed by atoms with E-state index in [1.807, 2.05) is 0 Å². The van der Waals surface area contributed by atoms with Crippen molar-refractivity contribution in [2.75, 3.05) is 0 Å². The number of amides is 1. The molecule has 9 heavy (non-hydrogen) atoms. The van der Waals surface area contributed by atoms with Crippen molar-refractivity contribution in [1.82, 2.24) is 0 Å². The monoisotopic (exact) mass is 135 g/mol. The molecular weight excluding hydrogens is 128 g/mol. The number of carbonyl (C=O) groups is 1. The molecule has 1 rings (SSSR count). The van der Waals surface area contributed by atoms with E-state index >= 15 is 0 Å². The maximum atomic E-state index is 11.9. The van der Waals surface area contributed by atoms with Gasteiger partial charge in [0.05, 0.1) is 0 Å². The zero-order chi connectivity index (χ0) is 7.07. The maximum absolute atomic E-state index is 11.9. The van der Waals surface area contributed by atoms with Crippen molar-refractivity contribution in [3.63, 3.8) is 0 Å². The van der Waals surface area contributed by atoms with Crippen LogP contribution < -0.4 is 5.73 Å². The number of hydrogen-bond acceptors (Lipinski definition) is 1. The Morgan fingerprint density at radius 2 is 2.00 bits per heavy atom. The van der Waals surface area contributed by atoms with Crippen LogP contribution in [-0.4, -0.2) is 11.8 Å². The van der Waals surface area contributed by atoms with Crippen molar-refractivity contribution in [3.05, 3.63) is 0 Å². The molecule has 0 heterocycles. The van der Waals surface area contributed by atoms with Crippen molar-refractivity contribution in [1.29, 1.82) is 0 Å². The molecule has 0 atom stereocenters. The van der Waals surface area contributed by atoms with E-state index in [4.69, 9.17) is 5.73 Å². The molecule has 0 radical (unpaired) electrons. The Bertz CT molecular complexity index is 138. The van der Waals surface area contributed by atoms with Crippen molar-refractivity contribution < 1.29 is 13.6 Å². The normalized spacial score (nSPS) is 25.1. The third kappa shape index (κ3) is 1.17. The topological polar surface area (TPSA) is 43.1 Å². The lowest BCUT2D eigenvalue weighted by Gasteiger charge is -2.32. The second-order valence-electron chi connectivity index (χ2n) is 2.36. The van der Waals surface area contributed by atoms with Crippen molar-refractivity contribution >= 4 is 5.91 Å².